The minimum atomic E-state index is -3.89. The Balaban J connectivity index is 2.48. The van der Waals surface area contributed by atoms with E-state index in [1.54, 1.807) is 13.0 Å². The van der Waals surface area contributed by atoms with Gasteiger partial charge in [-0.2, -0.15) is 4.31 Å². The lowest BCUT2D eigenvalue weighted by molar-refractivity contribution is -0.148. The number of esters is 1. The first-order chi connectivity index (χ1) is 9.82. The summed E-state index contributed by atoms with van der Waals surface area (Å²) < 4.78 is 31.0. The summed E-state index contributed by atoms with van der Waals surface area (Å²) in [7, 11) is -2.67. The minimum Gasteiger partial charge on any atom is -0.468 e. The van der Waals surface area contributed by atoms with Gasteiger partial charge in [0.1, 0.15) is 10.9 Å². The molecule has 3 N–H and O–H groups in total. The first kappa shape index (κ1) is 15.5. The van der Waals surface area contributed by atoms with Crippen molar-refractivity contribution in [2.75, 3.05) is 19.4 Å². The first-order valence-corrected chi connectivity index (χ1v) is 7.77. The normalized spacial score (nSPS) is 18.9. The summed E-state index contributed by atoms with van der Waals surface area (Å²) in [5.74, 6) is -0.580. The van der Waals surface area contributed by atoms with E-state index in [9.17, 15) is 13.2 Å². The lowest BCUT2D eigenvalue weighted by Gasteiger charge is -2.37. The molecule has 0 unspecified atom stereocenters. The van der Waals surface area contributed by atoms with Crippen LogP contribution < -0.4 is 5.73 Å². The molecule has 7 nitrogen and oxygen atoms in total. The molecule has 1 aliphatic heterocycles. The maximum Gasteiger partial charge on any atom is 0.324 e. The predicted octanol–water partition coefficient (Wildman–Crippen LogP) is 0.511. The Morgan fingerprint density at radius 1 is 1.52 bits per heavy atom. The van der Waals surface area contributed by atoms with E-state index in [4.69, 9.17) is 11.1 Å². The number of nitrogens with zero attached hydrogens (tertiary/aromatic N) is 1. The maximum atomic E-state index is 12.6. The van der Waals surface area contributed by atoms with Crippen LogP contribution in [0.4, 0.5) is 5.69 Å². The Kier molecular flexibility index (Phi) is 4.02. The zero-order chi connectivity index (χ0) is 15.8. The van der Waals surface area contributed by atoms with E-state index >= 15 is 0 Å². The van der Waals surface area contributed by atoms with Gasteiger partial charge in [-0.3, -0.25) is 4.79 Å². The number of hydrogen-bond acceptors (Lipinski definition) is 6. The van der Waals surface area contributed by atoms with Crippen LogP contribution in [0.2, 0.25) is 0 Å². The summed E-state index contributed by atoms with van der Waals surface area (Å²) >= 11 is 0. The van der Waals surface area contributed by atoms with Crippen molar-refractivity contribution in [2.45, 2.75) is 24.3 Å². The van der Waals surface area contributed by atoms with Gasteiger partial charge in [-0.1, -0.05) is 0 Å². The van der Waals surface area contributed by atoms with Gasteiger partial charge in [0.15, 0.2) is 0 Å². The van der Waals surface area contributed by atoms with E-state index in [1.165, 1.54) is 13.2 Å². The molecular weight excluding hydrogens is 294 g/mol. The van der Waals surface area contributed by atoms with Gasteiger partial charge >= 0.3 is 5.97 Å². The molecule has 0 aliphatic carbocycles. The smallest absolute Gasteiger partial charge is 0.324 e. The van der Waals surface area contributed by atoms with Crippen LogP contribution in [0.5, 0.6) is 0 Å². The van der Waals surface area contributed by atoms with Crippen LogP contribution in [0.3, 0.4) is 0 Å². The zero-order valence-corrected chi connectivity index (χ0v) is 12.6. The van der Waals surface area contributed by atoms with E-state index in [1.807, 2.05) is 0 Å². The summed E-state index contributed by atoms with van der Waals surface area (Å²) in [5, 5.41) is 7.30. The lowest BCUT2D eigenvalue weighted by Crippen LogP contribution is -2.55. The molecule has 1 saturated heterocycles. The standard InChI is InChI=1S/C13H17N3O4S/c1-8-5-9(7-14)12(15)11(6-8)21(18,19)16-4-3-10(16)13(17)20-2/h5-7,10,14H,3-4,15H2,1-2H3/t10-/m0/s1. The molecule has 1 heterocycles. The highest BCUT2D eigenvalue weighted by Gasteiger charge is 2.44. The minimum absolute atomic E-state index is 0.0196. The Morgan fingerprint density at radius 3 is 2.67 bits per heavy atom. The first-order valence-electron chi connectivity index (χ1n) is 6.33. The fraction of sp³-hybridized carbons (Fsp3) is 0.385. The third-order valence-electron chi connectivity index (χ3n) is 3.50. The highest BCUT2D eigenvalue weighted by atomic mass is 32.2. The number of benzene rings is 1. The van der Waals surface area contributed by atoms with Crippen LogP contribution in [0.25, 0.3) is 0 Å². The van der Waals surface area contributed by atoms with Gasteiger partial charge in [0.05, 0.1) is 12.8 Å². The number of carbonyl (C=O) groups excluding carboxylic acids is 1. The molecule has 1 aromatic rings. The van der Waals surface area contributed by atoms with E-state index < -0.39 is 22.0 Å². The van der Waals surface area contributed by atoms with Gasteiger partial charge in [-0.05, 0) is 31.0 Å². The summed E-state index contributed by atoms with van der Waals surface area (Å²) in [6.45, 7) is 1.97. The molecule has 0 aromatic heterocycles. The quantitative estimate of drug-likeness (QED) is 0.478. The Morgan fingerprint density at radius 2 is 2.19 bits per heavy atom. The number of rotatable bonds is 4. The van der Waals surface area contributed by atoms with Gasteiger partial charge in [-0.15, -0.1) is 0 Å². The molecule has 0 saturated carbocycles. The van der Waals surface area contributed by atoms with Crippen LogP contribution in [-0.2, 0) is 19.6 Å². The van der Waals surface area contributed by atoms with Crippen LogP contribution in [0, 0.1) is 12.3 Å². The maximum absolute atomic E-state index is 12.6. The van der Waals surface area contributed by atoms with E-state index in [-0.39, 0.29) is 17.1 Å². The lowest BCUT2D eigenvalue weighted by atomic mass is 10.1. The van der Waals surface area contributed by atoms with Crippen molar-refractivity contribution in [1.82, 2.24) is 4.31 Å². The van der Waals surface area contributed by atoms with Gasteiger partial charge in [-0.25, -0.2) is 8.42 Å². The highest BCUT2D eigenvalue weighted by Crippen LogP contribution is 2.32. The second-order valence-electron chi connectivity index (χ2n) is 4.85. The SMILES string of the molecule is COC(=O)[C@@H]1CCN1S(=O)(=O)c1cc(C)cc(C=N)c1N. The number of carbonyl (C=O) groups is 1. The fourth-order valence-electron chi connectivity index (χ4n) is 2.27. The number of anilines is 1. The molecule has 0 bridgehead atoms. The average molecular weight is 311 g/mol. The second-order valence-corrected chi connectivity index (χ2v) is 6.71. The van der Waals surface area contributed by atoms with Gasteiger partial charge in [0, 0.05) is 18.3 Å². The third kappa shape index (κ3) is 2.52. The molecule has 0 radical (unpaired) electrons. The van der Waals surface area contributed by atoms with E-state index in [2.05, 4.69) is 4.74 Å². The molecule has 1 aliphatic rings. The van der Waals surface area contributed by atoms with Crippen molar-refractivity contribution in [3.8, 4) is 0 Å². The number of ether oxygens (including phenoxy) is 1. The Labute approximate surface area is 123 Å². The molecule has 1 aromatic carbocycles. The van der Waals surface area contributed by atoms with Crippen molar-refractivity contribution in [1.29, 1.82) is 5.41 Å². The number of nitrogen functional groups attached to an aromatic ring is 1. The van der Waals surface area contributed by atoms with Crippen molar-refractivity contribution in [3.05, 3.63) is 23.3 Å². The van der Waals surface area contributed by atoms with Crippen LogP contribution >= 0.6 is 0 Å². The summed E-state index contributed by atoms with van der Waals surface area (Å²) in [4.78, 5) is 11.5. The van der Waals surface area contributed by atoms with Crippen LogP contribution in [-0.4, -0.2) is 44.6 Å². The number of nitrogens with two attached hydrogens (primary N) is 1. The van der Waals surface area contributed by atoms with Crippen LogP contribution in [0.15, 0.2) is 17.0 Å². The Bertz CT molecular complexity index is 700. The van der Waals surface area contributed by atoms with Crippen molar-refractivity contribution >= 4 is 27.9 Å². The zero-order valence-electron chi connectivity index (χ0n) is 11.8. The molecule has 1 atom stereocenters. The van der Waals surface area contributed by atoms with Gasteiger partial charge in [0.25, 0.3) is 0 Å². The molecular formula is C13H17N3O4S. The summed E-state index contributed by atoms with van der Waals surface area (Å²) in [5.41, 5.74) is 6.88. The average Bonchev–Trinajstić information content (AvgIpc) is 2.38. The molecule has 8 heteroatoms. The number of sulfonamides is 1. The molecule has 2 rings (SSSR count). The molecule has 21 heavy (non-hydrogen) atoms. The van der Waals surface area contributed by atoms with Crippen molar-refractivity contribution in [3.63, 3.8) is 0 Å². The summed E-state index contributed by atoms with van der Waals surface area (Å²) in [6.07, 6.45) is 1.43. The highest BCUT2D eigenvalue weighted by molar-refractivity contribution is 7.89. The molecule has 1 fully saturated rings. The van der Waals surface area contributed by atoms with Crippen molar-refractivity contribution < 1.29 is 17.9 Å². The molecule has 114 valence electrons. The second kappa shape index (κ2) is 5.45. The summed E-state index contributed by atoms with van der Waals surface area (Å²) in [6, 6.07) is 2.28. The van der Waals surface area contributed by atoms with Gasteiger partial charge in [0.2, 0.25) is 10.0 Å². The Hall–Kier alpha value is -1.93. The monoisotopic (exact) mass is 311 g/mol. The third-order valence-corrected chi connectivity index (χ3v) is 5.45. The molecule has 0 amide bonds. The molecule has 0 spiro atoms. The van der Waals surface area contributed by atoms with Gasteiger partial charge < -0.3 is 15.9 Å². The number of methoxy groups -OCH3 is 1. The van der Waals surface area contributed by atoms with Crippen LogP contribution in [0.1, 0.15) is 17.5 Å². The topological polar surface area (TPSA) is 114 Å². The largest absolute Gasteiger partial charge is 0.468 e. The van der Waals surface area contributed by atoms with E-state index in [0.29, 0.717) is 17.5 Å². The van der Waals surface area contributed by atoms with Crippen molar-refractivity contribution in [2.24, 2.45) is 0 Å². The number of hydrogen-bond donors (Lipinski definition) is 2. The number of nitrogens with one attached hydrogen (secondary N) is 1. The predicted molar refractivity (Wildman–Crippen MR) is 77.8 cm³/mol. The van der Waals surface area contributed by atoms with E-state index in [0.717, 1.165) is 10.5 Å². The number of aryl methyl sites for hydroxylation is 1. The fourth-order valence-corrected chi connectivity index (χ4v) is 4.13.